The zero-order valence-electron chi connectivity index (χ0n) is 12.5. The normalized spacial score (nSPS) is 11.6. The first-order chi connectivity index (χ1) is 10.4. The van der Waals surface area contributed by atoms with E-state index in [1.165, 1.54) is 18.2 Å². The first kappa shape index (κ1) is 16.5. The molecule has 6 heteroatoms. The fourth-order valence-electron chi connectivity index (χ4n) is 1.87. The van der Waals surface area contributed by atoms with E-state index in [4.69, 9.17) is 0 Å². The molecule has 22 heavy (non-hydrogen) atoms. The van der Waals surface area contributed by atoms with E-state index in [-0.39, 0.29) is 10.6 Å². The minimum Gasteiger partial charge on any atom is -0.310 e. The van der Waals surface area contributed by atoms with Gasteiger partial charge in [-0.2, -0.15) is 0 Å². The van der Waals surface area contributed by atoms with Crippen molar-refractivity contribution >= 4 is 15.7 Å². The highest BCUT2D eigenvalue weighted by Gasteiger charge is 2.14. The van der Waals surface area contributed by atoms with Gasteiger partial charge in [-0.15, -0.1) is 0 Å². The maximum absolute atomic E-state index is 13.1. The molecule has 2 aromatic rings. The Morgan fingerprint density at radius 1 is 1.09 bits per heavy atom. The largest absolute Gasteiger partial charge is 0.310 e. The first-order valence-electron chi connectivity index (χ1n) is 6.97. The molecule has 0 aliphatic rings. The van der Waals surface area contributed by atoms with Gasteiger partial charge in [0.15, 0.2) is 0 Å². The van der Waals surface area contributed by atoms with Crippen LogP contribution in [0.3, 0.4) is 0 Å². The zero-order valence-corrected chi connectivity index (χ0v) is 13.3. The van der Waals surface area contributed by atoms with E-state index in [1.54, 1.807) is 24.3 Å². The van der Waals surface area contributed by atoms with Gasteiger partial charge in [0.25, 0.3) is 10.0 Å². The molecule has 0 saturated carbocycles. The van der Waals surface area contributed by atoms with Crippen molar-refractivity contribution in [1.29, 1.82) is 0 Å². The molecular formula is C16H19FN2O2S. The van der Waals surface area contributed by atoms with Crippen molar-refractivity contribution in [1.82, 2.24) is 5.32 Å². The topological polar surface area (TPSA) is 58.2 Å². The van der Waals surface area contributed by atoms with Crippen LogP contribution in [0.15, 0.2) is 53.4 Å². The lowest BCUT2D eigenvalue weighted by Gasteiger charge is -2.10. The third-order valence-corrected chi connectivity index (χ3v) is 4.42. The van der Waals surface area contributed by atoms with E-state index in [2.05, 4.69) is 10.0 Å². The lowest BCUT2D eigenvalue weighted by atomic mass is 10.2. The van der Waals surface area contributed by atoms with Crippen LogP contribution >= 0.6 is 0 Å². The van der Waals surface area contributed by atoms with E-state index >= 15 is 0 Å². The summed E-state index contributed by atoms with van der Waals surface area (Å²) in [6.07, 6.45) is 0. The van der Waals surface area contributed by atoms with Crippen LogP contribution in [0.25, 0.3) is 0 Å². The van der Waals surface area contributed by atoms with Gasteiger partial charge < -0.3 is 5.32 Å². The molecular weight excluding hydrogens is 303 g/mol. The summed E-state index contributed by atoms with van der Waals surface area (Å²) < 4.78 is 39.9. The molecule has 118 valence electrons. The highest BCUT2D eigenvalue weighted by Crippen LogP contribution is 2.17. The maximum Gasteiger partial charge on any atom is 0.261 e. The number of halogens is 1. The quantitative estimate of drug-likeness (QED) is 0.859. The Bertz CT molecular complexity index is 728. The van der Waals surface area contributed by atoms with Crippen molar-refractivity contribution in [3.05, 3.63) is 59.9 Å². The summed E-state index contributed by atoms with van der Waals surface area (Å²) in [4.78, 5) is 0.144. The van der Waals surface area contributed by atoms with E-state index in [9.17, 15) is 12.8 Å². The van der Waals surface area contributed by atoms with Crippen LogP contribution in [0, 0.1) is 5.82 Å². The lowest BCUT2D eigenvalue weighted by molar-refractivity contribution is 0.588. The number of nitrogens with one attached hydrogen (secondary N) is 2. The summed E-state index contributed by atoms with van der Waals surface area (Å²) in [5.41, 5.74) is 1.20. The lowest BCUT2D eigenvalue weighted by Crippen LogP contribution is -2.21. The summed E-state index contributed by atoms with van der Waals surface area (Å²) in [6, 6.07) is 12.3. The molecule has 0 bridgehead atoms. The second-order valence-corrected chi connectivity index (χ2v) is 6.98. The van der Waals surface area contributed by atoms with E-state index in [1.807, 2.05) is 13.8 Å². The van der Waals surface area contributed by atoms with Gasteiger partial charge in [-0.05, 0) is 35.9 Å². The Kier molecular flexibility index (Phi) is 5.15. The second-order valence-electron chi connectivity index (χ2n) is 5.30. The number of sulfonamides is 1. The third kappa shape index (κ3) is 4.54. The predicted molar refractivity (Wildman–Crippen MR) is 85.6 cm³/mol. The molecule has 0 spiro atoms. The number of rotatable bonds is 6. The molecule has 0 aromatic heterocycles. The van der Waals surface area contributed by atoms with Crippen LogP contribution in [-0.4, -0.2) is 14.5 Å². The Morgan fingerprint density at radius 2 is 1.77 bits per heavy atom. The smallest absolute Gasteiger partial charge is 0.261 e. The Hall–Kier alpha value is -1.92. The average Bonchev–Trinajstić information content (AvgIpc) is 2.45. The molecule has 2 rings (SSSR count). The Labute approximate surface area is 130 Å². The van der Waals surface area contributed by atoms with Crippen LogP contribution in [0.4, 0.5) is 10.1 Å². The molecule has 0 aliphatic heterocycles. The van der Waals surface area contributed by atoms with Crippen LogP contribution < -0.4 is 10.0 Å². The summed E-state index contributed by atoms with van der Waals surface area (Å²) in [5, 5.41) is 3.26. The Morgan fingerprint density at radius 3 is 2.36 bits per heavy atom. The SMILES string of the molecule is CC(C)NCc1ccc(S(=O)(=O)Nc2cccc(F)c2)cc1. The summed E-state index contributed by atoms with van der Waals surface area (Å²) in [7, 11) is -3.72. The Balaban J connectivity index is 2.12. The number of benzene rings is 2. The number of anilines is 1. The van der Waals surface area contributed by atoms with Crippen LogP contribution in [-0.2, 0) is 16.6 Å². The first-order valence-corrected chi connectivity index (χ1v) is 8.46. The molecule has 0 unspecified atom stereocenters. The van der Waals surface area contributed by atoms with Gasteiger partial charge in [-0.1, -0.05) is 32.0 Å². The number of hydrogen-bond donors (Lipinski definition) is 2. The van der Waals surface area contributed by atoms with Gasteiger partial charge in [0.05, 0.1) is 10.6 Å². The van der Waals surface area contributed by atoms with Crippen molar-refractivity contribution in [2.45, 2.75) is 31.3 Å². The summed E-state index contributed by atoms with van der Waals surface area (Å²) >= 11 is 0. The fraction of sp³-hybridized carbons (Fsp3) is 0.250. The van der Waals surface area contributed by atoms with Gasteiger partial charge in [-0.25, -0.2) is 12.8 Å². The van der Waals surface area contributed by atoms with Gasteiger partial charge in [0.2, 0.25) is 0 Å². The highest BCUT2D eigenvalue weighted by atomic mass is 32.2. The number of hydrogen-bond acceptors (Lipinski definition) is 3. The summed E-state index contributed by atoms with van der Waals surface area (Å²) in [5.74, 6) is -0.490. The van der Waals surface area contributed by atoms with Crippen molar-refractivity contribution < 1.29 is 12.8 Å². The van der Waals surface area contributed by atoms with Crippen molar-refractivity contribution in [3.8, 4) is 0 Å². The highest BCUT2D eigenvalue weighted by molar-refractivity contribution is 7.92. The van der Waals surface area contributed by atoms with Crippen molar-refractivity contribution in [3.63, 3.8) is 0 Å². The van der Waals surface area contributed by atoms with Crippen LogP contribution in [0.2, 0.25) is 0 Å². The average molecular weight is 322 g/mol. The predicted octanol–water partition coefficient (Wildman–Crippen LogP) is 3.12. The molecule has 0 saturated heterocycles. The minimum atomic E-state index is -3.72. The molecule has 0 fully saturated rings. The zero-order chi connectivity index (χ0) is 16.2. The molecule has 0 aliphatic carbocycles. The van der Waals surface area contributed by atoms with E-state index < -0.39 is 15.8 Å². The van der Waals surface area contributed by atoms with E-state index in [0.29, 0.717) is 12.6 Å². The molecule has 2 aromatic carbocycles. The van der Waals surface area contributed by atoms with Crippen LogP contribution in [0.1, 0.15) is 19.4 Å². The molecule has 0 atom stereocenters. The molecule has 0 radical (unpaired) electrons. The van der Waals surface area contributed by atoms with Gasteiger partial charge in [0.1, 0.15) is 5.82 Å². The monoisotopic (exact) mass is 322 g/mol. The van der Waals surface area contributed by atoms with Crippen molar-refractivity contribution in [2.75, 3.05) is 4.72 Å². The molecule has 0 amide bonds. The summed E-state index contributed by atoms with van der Waals surface area (Å²) in [6.45, 7) is 4.76. The molecule has 2 N–H and O–H groups in total. The molecule has 4 nitrogen and oxygen atoms in total. The second kappa shape index (κ2) is 6.89. The van der Waals surface area contributed by atoms with E-state index in [0.717, 1.165) is 11.6 Å². The van der Waals surface area contributed by atoms with Crippen LogP contribution in [0.5, 0.6) is 0 Å². The van der Waals surface area contributed by atoms with Gasteiger partial charge in [0, 0.05) is 12.6 Å². The third-order valence-electron chi connectivity index (χ3n) is 3.02. The van der Waals surface area contributed by atoms with Crippen molar-refractivity contribution in [2.24, 2.45) is 0 Å². The van der Waals surface area contributed by atoms with Gasteiger partial charge >= 0.3 is 0 Å². The standard InChI is InChI=1S/C16H19FN2O2S/c1-12(2)18-11-13-6-8-16(9-7-13)22(20,21)19-15-5-3-4-14(17)10-15/h3-10,12,18-19H,11H2,1-2H3. The minimum absolute atomic E-state index is 0.144. The fourth-order valence-corrected chi connectivity index (χ4v) is 2.92. The van der Waals surface area contributed by atoms with Gasteiger partial charge in [-0.3, -0.25) is 4.72 Å². The maximum atomic E-state index is 13.1. The molecule has 0 heterocycles.